The Morgan fingerprint density at radius 2 is 1.42 bits per heavy atom. The van der Waals surface area contributed by atoms with Gasteiger partial charge in [-0.2, -0.15) is 5.06 Å². The smallest absolute Gasteiger partial charge is 0.186 e. The molecule has 2 aromatic heterocycles. The summed E-state index contributed by atoms with van der Waals surface area (Å²) in [7, 11) is 1.64. The number of rotatable bonds is 10. The lowest BCUT2D eigenvalue weighted by Gasteiger charge is -2.30. The molecule has 6 atom stereocenters. The Labute approximate surface area is 279 Å². The van der Waals surface area contributed by atoms with E-state index in [9.17, 15) is 0 Å². The van der Waals surface area contributed by atoms with Crippen LogP contribution < -0.4 is 4.90 Å². The molecule has 0 radical (unpaired) electrons. The maximum Gasteiger partial charge on any atom is 0.186 e. The summed E-state index contributed by atoms with van der Waals surface area (Å²) in [6.45, 7) is 5.76. The number of benzene rings is 3. The van der Waals surface area contributed by atoms with E-state index in [4.69, 9.17) is 38.7 Å². The molecule has 11 heteroatoms. The number of methoxy groups -OCH3 is 1. The van der Waals surface area contributed by atoms with Gasteiger partial charge in [0.1, 0.15) is 24.6 Å². The monoisotopic (exact) mass is 648 g/mol. The van der Waals surface area contributed by atoms with Crippen molar-refractivity contribution in [3.63, 3.8) is 0 Å². The van der Waals surface area contributed by atoms with Crippen LogP contribution >= 0.6 is 0 Å². The molecule has 0 N–H and O–H groups in total. The molecule has 3 aromatic carbocycles. The van der Waals surface area contributed by atoms with Gasteiger partial charge in [0.05, 0.1) is 12.4 Å². The van der Waals surface area contributed by atoms with Gasteiger partial charge in [-0.25, -0.2) is 15.0 Å². The molecule has 3 aliphatic heterocycles. The molecule has 5 heterocycles. The zero-order chi connectivity index (χ0) is 32.7. The van der Waals surface area contributed by atoms with Crippen LogP contribution in [0.1, 0.15) is 43.2 Å². The first-order valence-electron chi connectivity index (χ1n) is 16.5. The molecule has 3 saturated heterocycles. The van der Waals surface area contributed by atoms with Crippen molar-refractivity contribution in [2.75, 3.05) is 12.0 Å². The van der Waals surface area contributed by atoms with Crippen molar-refractivity contribution in [3.8, 4) is 0 Å². The van der Waals surface area contributed by atoms with E-state index in [0.29, 0.717) is 31.7 Å². The number of hydrogen-bond donors (Lipinski definition) is 0. The van der Waals surface area contributed by atoms with Crippen LogP contribution in [0.15, 0.2) is 104 Å². The van der Waals surface area contributed by atoms with Crippen LogP contribution in [-0.4, -0.2) is 68.1 Å². The van der Waals surface area contributed by atoms with Gasteiger partial charge >= 0.3 is 0 Å². The van der Waals surface area contributed by atoms with Crippen molar-refractivity contribution in [3.05, 3.63) is 120 Å². The number of fused-ring (bicyclic) bond motifs is 2. The summed E-state index contributed by atoms with van der Waals surface area (Å²) in [4.78, 5) is 23.4. The minimum Gasteiger partial charge on any atom is -0.353 e. The van der Waals surface area contributed by atoms with E-state index in [0.717, 1.165) is 16.9 Å². The van der Waals surface area contributed by atoms with Crippen LogP contribution in [0.5, 0.6) is 0 Å². The number of aromatic nitrogens is 4. The lowest BCUT2D eigenvalue weighted by molar-refractivity contribution is -0.249. The Morgan fingerprint density at radius 1 is 0.792 bits per heavy atom. The summed E-state index contributed by atoms with van der Waals surface area (Å²) >= 11 is 0. The average molecular weight is 649 g/mol. The predicted octanol–water partition coefficient (Wildman–Crippen LogP) is 5.63. The minimum atomic E-state index is -0.740. The van der Waals surface area contributed by atoms with E-state index < -0.39 is 12.1 Å². The van der Waals surface area contributed by atoms with Gasteiger partial charge in [0.15, 0.2) is 35.3 Å². The first-order valence-corrected chi connectivity index (χ1v) is 16.5. The summed E-state index contributed by atoms with van der Waals surface area (Å²) in [6, 6.07) is 31.0. The fraction of sp³-hybridized carbons (Fsp3) is 0.378. The van der Waals surface area contributed by atoms with E-state index in [1.54, 1.807) is 13.4 Å². The topological polar surface area (TPSA) is 96.2 Å². The first kappa shape index (κ1) is 31.1. The van der Waals surface area contributed by atoms with E-state index in [1.165, 1.54) is 11.1 Å². The Hall–Kier alpha value is -4.23. The van der Waals surface area contributed by atoms with Gasteiger partial charge in [-0.3, -0.25) is 9.40 Å². The Morgan fingerprint density at radius 3 is 2.06 bits per heavy atom. The van der Waals surface area contributed by atoms with Crippen molar-refractivity contribution in [1.82, 2.24) is 24.6 Å². The molecule has 5 aromatic rings. The van der Waals surface area contributed by atoms with Gasteiger partial charge in [-0.15, -0.1) is 0 Å². The molecule has 0 amide bonds. The quantitative estimate of drug-likeness (QED) is 0.190. The Kier molecular flexibility index (Phi) is 8.41. The normalized spacial score (nSPS) is 26.6. The van der Waals surface area contributed by atoms with Crippen molar-refractivity contribution in [2.24, 2.45) is 0 Å². The van der Waals surface area contributed by atoms with Crippen LogP contribution in [0.25, 0.3) is 11.2 Å². The van der Waals surface area contributed by atoms with Gasteiger partial charge in [0.25, 0.3) is 0 Å². The van der Waals surface area contributed by atoms with Crippen molar-refractivity contribution in [2.45, 2.75) is 82.6 Å². The lowest BCUT2D eigenvalue weighted by Crippen LogP contribution is -2.45. The molecule has 3 fully saturated rings. The molecular formula is C37H40N6O5. The fourth-order valence-electron chi connectivity index (χ4n) is 7.17. The molecule has 3 aliphatic rings. The Bertz CT molecular complexity index is 1780. The Balaban J connectivity index is 1.12. The summed E-state index contributed by atoms with van der Waals surface area (Å²) in [5.74, 6) is 0.0297. The number of imidazole rings is 1. The molecule has 48 heavy (non-hydrogen) atoms. The van der Waals surface area contributed by atoms with Crippen LogP contribution in [0, 0.1) is 0 Å². The summed E-state index contributed by atoms with van der Waals surface area (Å²) in [6.07, 6.45) is 2.13. The molecule has 0 spiro atoms. The highest BCUT2D eigenvalue weighted by atomic mass is 16.8. The summed E-state index contributed by atoms with van der Waals surface area (Å²) in [5.41, 5.74) is 4.92. The first-order chi connectivity index (χ1) is 23.5. The number of ether oxygens (including phenoxy) is 4. The van der Waals surface area contributed by atoms with Crippen LogP contribution in [-0.2, 0) is 43.4 Å². The number of nitrogens with zero attached hydrogens (tertiary/aromatic N) is 6. The van der Waals surface area contributed by atoms with Gasteiger partial charge in [-0.05, 0) is 30.5 Å². The molecule has 0 aliphatic carbocycles. The third-order valence-corrected chi connectivity index (χ3v) is 9.29. The highest BCUT2D eigenvalue weighted by Gasteiger charge is 2.59. The van der Waals surface area contributed by atoms with Crippen molar-refractivity contribution >= 4 is 17.0 Å². The van der Waals surface area contributed by atoms with Gasteiger partial charge in [0.2, 0.25) is 0 Å². The lowest BCUT2D eigenvalue weighted by atomic mass is 10.00. The number of hydrogen-bond acceptors (Lipinski definition) is 10. The zero-order valence-electron chi connectivity index (χ0n) is 27.3. The molecule has 248 valence electrons. The van der Waals surface area contributed by atoms with E-state index in [-0.39, 0.29) is 30.6 Å². The summed E-state index contributed by atoms with van der Waals surface area (Å²) < 4.78 is 26.9. The highest BCUT2D eigenvalue weighted by molar-refractivity contribution is 5.83. The summed E-state index contributed by atoms with van der Waals surface area (Å²) in [5, 5.41) is 2.01. The van der Waals surface area contributed by atoms with E-state index in [1.807, 2.05) is 60.1 Å². The van der Waals surface area contributed by atoms with Crippen LogP contribution in [0.3, 0.4) is 0 Å². The molecule has 0 unspecified atom stereocenters. The minimum absolute atomic E-state index is 0.160. The predicted molar refractivity (Wildman–Crippen MR) is 178 cm³/mol. The second kappa shape index (κ2) is 13.0. The van der Waals surface area contributed by atoms with E-state index in [2.05, 4.69) is 65.6 Å². The largest absolute Gasteiger partial charge is 0.353 e. The molecule has 8 rings (SSSR count). The zero-order valence-corrected chi connectivity index (χ0v) is 27.3. The third-order valence-electron chi connectivity index (χ3n) is 9.29. The standard InChI is InChI=1S/C37H40N6O5/c1-37(2)46-32-31(45-36(44-3)33(32)47-37)28-19-29(48-43(28)22-27-17-11-6-12-18-27)42-24-40-30-34(38-23-39-35(30)42)41(20-25-13-7-4-8-14-25)21-26-15-9-5-10-16-26/h4-18,23-24,28-29,31-33,36H,19-22H2,1-3H3/t28-,29-,31+,32-,33-,36-/m0/s1. The SMILES string of the molecule is CO[C@H]1O[C@H]([C@@H]2C[C@@H](n3cnc4c(N(Cc5ccccc5)Cc5ccccc5)ncnc43)ON2Cc2ccccc2)[C@@H]2OC(C)(C)O[C@H]12. The average Bonchev–Trinajstić information content (AvgIpc) is 3.87. The van der Waals surface area contributed by atoms with Gasteiger partial charge in [-0.1, -0.05) is 91.0 Å². The second-order valence-corrected chi connectivity index (χ2v) is 13.0. The van der Waals surface area contributed by atoms with Crippen molar-refractivity contribution in [1.29, 1.82) is 0 Å². The van der Waals surface area contributed by atoms with E-state index >= 15 is 0 Å². The number of hydroxylamine groups is 2. The van der Waals surface area contributed by atoms with Gasteiger partial charge < -0.3 is 23.8 Å². The molecule has 0 saturated carbocycles. The maximum atomic E-state index is 6.77. The van der Waals surface area contributed by atoms with Crippen LogP contribution in [0.2, 0.25) is 0 Å². The molecular weight excluding hydrogens is 608 g/mol. The third kappa shape index (κ3) is 6.09. The number of anilines is 1. The van der Waals surface area contributed by atoms with Gasteiger partial charge in [0, 0.05) is 33.2 Å². The second-order valence-electron chi connectivity index (χ2n) is 13.0. The fourth-order valence-corrected chi connectivity index (χ4v) is 7.17. The van der Waals surface area contributed by atoms with Crippen molar-refractivity contribution < 1.29 is 23.8 Å². The molecule has 0 bridgehead atoms. The molecule has 11 nitrogen and oxygen atoms in total. The van der Waals surface area contributed by atoms with Crippen LogP contribution in [0.4, 0.5) is 5.82 Å². The highest BCUT2D eigenvalue weighted by Crippen LogP contribution is 2.45. The maximum absolute atomic E-state index is 6.77.